The molecule has 0 saturated carbocycles. The first-order valence-electron chi connectivity index (χ1n) is 10.2. The Hall–Kier alpha value is -2.36. The molecule has 2 rings (SSSR count). The van der Waals surface area contributed by atoms with Gasteiger partial charge < -0.3 is 9.16 Å². The first kappa shape index (κ1) is 23.9. The minimum absolute atomic E-state index is 0.0835. The third-order valence-electron chi connectivity index (χ3n) is 5.59. The highest BCUT2D eigenvalue weighted by atomic mass is 28.4. The van der Waals surface area contributed by atoms with Crippen molar-refractivity contribution in [3.05, 3.63) is 48.7 Å². The zero-order valence-electron chi connectivity index (χ0n) is 19.5. The number of nitrogens with zero attached hydrogens (tertiary/aromatic N) is 2. The molecule has 0 radical (unpaired) electrons. The summed E-state index contributed by atoms with van der Waals surface area (Å²) in [5, 5.41) is 11.1. The van der Waals surface area contributed by atoms with E-state index in [0.717, 1.165) is 5.39 Å². The van der Waals surface area contributed by atoms with E-state index in [1.807, 2.05) is 45.0 Å². The summed E-state index contributed by atoms with van der Waals surface area (Å²) in [6.07, 6.45) is 3.23. The zero-order chi connectivity index (χ0) is 23.0. The molecule has 0 aliphatic rings. The molecule has 5 nitrogen and oxygen atoms in total. The molecule has 0 spiro atoms. The highest BCUT2D eigenvalue weighted by Crippen LogP contribution is 2.45. The van der Waals surface area contributed by atoms with E-state index in [1.54, 1.807) is 12.3 Å². The third kappa shape index (κ3) is 4.68. The number of rotatable bonds is 5. The van der Waals surface area contributed by atoms with Gasteiger partial charge in [0, 0.05) is 23.6 Å². The van der Waals surface area contributed by atoms with Gasteiger partial charge in [0.1, 0.15) is 11.7 Å². The van der Waals surface area contributed by atoms with Gasteiger partial charge in [-0.1, -0.05) is 45.0 Å². The van der Waals surface area contributed by atoms with E-state index >= 15 is 0 Å². The molecule has 1 unspecified atom stereocenters. The summed E-state index contributed by atoms with van der Waals surface area (Å²) in [4.78, 5) is 12.9. The van der Waals surface area contributed by atoms with Gasteiger partial charge in [-0.05, 0) is 45.0 Å². The van der Waals surface area contributed by atoms with Crippen molar-refractivity contribution in [2.24, 2.45) is 0 Å². The van der Waals surface area contributed by atoms with E-state index in [1.165, 1.54) is 4.57 Å². The predicted octanol–water partition coefficient (Wildman–Crippen LogP) is 6.74. The Morgan fingerprint density at radius 1 is 1.20 bits per heavy atom. The SMILES string of the molecule is C=CCC(C#N)(O[Si](C)(C)C(C)(C)C)c1cn(C(=O)OC(C)(C)C)c2ccccc12. The lowest BCUT2D eigenvalue weighted by Gasteiger charge is -2.42. The number of ether oxygens (including phenoxy) is 1. The van der Waals surface area contributed by atoms with Gasteiger partial charge in [-0.25, -0.2) is 4.79 Å². The molecule has 0 aliphatic heterocycles. The molecule has 30 heavy (non-hydrogen) atoms. The molecule has 1 heterocycles. The van der Waals surface area contributed by atoms with Gasteiger partial charge in [0.05, 0.1) is 5.52 Å². The number of nitriles is 1. The normalized spacial score (nSPS) is 14.8. The number of fused-ring (bicyclic) bond motifs is 1. The van der Waals surface area contributed by atoms with E-state index in [4.69, 9.17) is 9.16 Å². The largest absolute Gasteiger partial charge is 0.443 e. The summed E-state index contributed by atoms with van der Waals surface area (Å²) in [5.74, 6) is 0. The predicted molar refractivity (Wildman–Crippen MR) is 124 cm³/mol. The topological polar surface area (TPSA) is 64.2 Å². The average Bonchev–Trinajstić information content (AvgIpc) is 2.99. The Balaban J connectivity index is 2.74. The second-order valence-corrected chi connectivity index (χ2v) is 14.9. The molecule has 0 aliphatic carbocycles. The molecule has 162 valence electrons. The highest BCUT2D eigenvalue weighted by Gasteiger charge is 2.47. The third-order valence-corrected chi connectivity index (χ3v) is 10.1. The Bertz CT molecular complexity index is 987. The lowest BCUT2D eigenvalue weighted by Crippen LogP contribution is -2.48. The van der Waals surface area contributed by atoms with Crippen LogP contribution in [0.2, 0.25) is 18.1 Å². The van der Waals surface area contributed by atoms with Crippen LogP contribution in [0.5, 0.6) is 0 Å². The summed E-state index contributed by atoms with van der Waals surface area (Å²) < 4.78 is 13.8. The van der Waals surface area contributed by atoms with Crippen LogP contribution in [-0.2, 0) is 14.8 Å². The maximum Gasteiger partial charge on any atom is 0.419 e. The van der Waals surface area contributed by atoms with Crippen LogP contribution in [0.25, 0.3) is 10.9 Å². The van der Waals surface area contributed by atoms with Crippen molar-refractivity contribution in [3.8, 4) is 6.07 Å². The Morgan fingerprint density at radius 2 is 1.80 bits per heavy atom. The van der Waals surface area contributed by atoms with Gasteiger partial charge in [0.15, 0.2) is 13.9 Å². The summed E-state index contributed by atoms with van der Waals surface area (Å²) in [6, 6.07) is 9.95. The second-order valence-electron chi connectivity index (χ2n) is 10.2. The van der Waals surface area contributed by atoms with Crippen LogP contribution in [0.3, 0.4) is 0 Å². The Morgan fingerprint density at radius 3 is 2.30 bits per heavy atom. The molecule has 0 bridgehead atoms. The monoisotopic (exact) mass is 426 g/mol. The van der Waals surface area contributed by atoms with E-state index in [-0.39, 0.29) is 5.04 Å². The van der Waals surface area contributed by atoms with Crippen molar-refractivity contribution in [2.45, 2.75) is 77.3 Å². The van der Waals surface area contributed by atoms with Crippen LogP contribution in [-0.4, -0.2) is 24.6 Å². The quantitative estimate of drug-likeness (QED) is 0.392. The summed E-state index contributed by atoms with van der Waals surface area (Å²) in [6.45, 7) is 20.0. The van der Waals surface area contributed by atoms with E-state index < -0.39 is 25.6 Å². The Labute approximate surface area is 181 Å². The minimum Gasteiger partial charge on any atom is -0.443 e. The van der Waals surface area contributed by atoms with Crippen LogP contribution in [0.15, 0.2) is 43.1 Å². The lowest BCUT2D eigenvalue weighted by molar-refractivity contribution is 0.0543. The van der Waals surface area contributed by atoms with Crippen molar-refractivity contribution in [3.63, 3.8) is 0 Å². The van der Waals surface area contributed by atoms with Crippen LogP contribution in [0.1, 0.15) is 53.5 Å². The summed E-state index contributed by atoms with van der Waals surface area (Å²) >= 11 is 0. The van der Waals surface area contributed by atoms with Gasteiger partial charge in [-0.15, -0.1) is 6.58 Å². The number of benzene rings is 1. The van der Waals surface area contributed by atoms with Gasteiger partial charge >= 0.3 is 6.09 Å². The van der Waals surface area contributed by atoms with Gasteiger partial charge in [0.25, 0.3) is 0 Å². The molecule has 0 saturated heterocycles. The fourth-order valence-electron chi connectivity index (χ4n) is 3.09. The van der Waals surface area contributed by atoms with Crippen LogP contribution in [0.4, 0.5) is 4.79 Å². The minimum atomic E-state index is -2.32. The fraction of sp³-hybridized carbons (Fsp3) is 0.500. The standard InChI is InChI=1S/C24H34N2O3Si/c1-10-15-24(17-25,29-30(8,9)23(5,6)7)19-16-26(21(27)28-22(2,3)4)20-14-12-11-13-18(19)20/h10-14,16H,1,15H2,2-9H3. The van der Waals surface area contributed by atoms with Gasteiger partial charge in [-0.2, -0.15) is 5.26 Å². The first-order chi connectivity index (χ1) is 13.7. The summed E-state index contributed by atoms with van der Waals surface area (Å²) in [5.41, 5.74) is -0.522. The number of carbonyl (C=O) groups excluding carboxylic acids is 1. The highest BCUT2D eigenvalue weighted by molar-refractivity contribution is 6.74. The number of hydrogen-bond donors (Lipinski definition) is 0. The molecule has 1 aromatic carbocycles. The van der Waals surface area contributed by atoms with Crippen molar-refractivity contribution < 1.29 is 14.0 Å². The van der Waals surface area contributed by atoms with E-state index in [9.17, 15) is 10.1 Å². The van der Waals surface area contributed by atoms with E-state index in [2.05, 4.69) is 46.5 Å². The smallest absolute Gasteiger partial charge is 0.419 e. The lowest BCUT2D eigenvalue weighted by atomic mass is 9.91. The molecule has 2 aromatic rings. The second kappa shape index (κ2) is 8.05. The number of aromatic nitrogens is 1. The van der Waals surface area contributed by atoms with E-state index in [0.29, 0.717) is 17.5 Å². The molecule has 0 fully saturated rings. The molecule has 0 N–H and O–H groups in total. The number of hydrogen-bond acceptors (Lipinski definition) is 4. The summed E-state index contributed by atoms with van der Waals surface area (Å²) in [7, 11) is -2.32. The maximum atomic E-state index is 12.9. The molecule has 1 atom stereocenters. The van der Waals surface area contributed by atoms with Gasteiger partial charge in [-0.3, -0.25) is 4.57 Å². The van der Waals surface area contributed by atoms with Crippen molar-refractivity contribution in [1.82, 2.24) is 4.57 Å². The first-order valence-corrected chi connectivity index (χ1v) is 13.1. The fourth-order valence-corrected chi connectivity index (χ4v) is 4.51. The van der Waals surface area contributed by atoms with Crippen LogP contribution in [0, 0.1) is 11.3 Å². The van der Waals surface area contributed by atoms with Crippen molar-refractivity contribution in [2.75, 3.05) is 0 Å². The average molecular weight is 427 g/mol. The van der Waals surface area contributed by atoms with Crippen molar-refractivity contribution in [1.29, 1.82) is 5.26 Å². The molecule has 1 aromatic heterocycles. The molecular weight excluding hydrogens is 392 g/mol. The van der Waals surface area contributed by atoms with Crippen LogP contribution < -0.4 is 0 Å². The zero-order valence-corrected chi connectivity index (χ0v) is 20.5. The van der Waals surface area contributed by atoms with Crippen molar-refractivity contribution >= 4 is 25.3 Å². The molecule has 0 amide bonds. The molecule has 6 heteroatoms. The molecular formula is C24H34N2O3Si. The number of para-hydroxylation sites is 1. The number of carbonyl (C=O) groups is 1. The van der Waals surface area contributed by atoms with Crippen LogP contribution >= 0.6 is 0 Å². The maximum absolute atomic E-state index is 12.9. The Kier molecular flexibility index (Phi) is 6.42. The van der Waals surface area contributed by atoms with Gasteiger partial charge in [0.2, 0.25) is 0 Å².